The molecule has 4 rings (SSSR count). The van der Waals surface area contributed by atoms with Gasteiger partial charge in [-0.05, 0) is 108 Å². The fourth-order valence-corrected chi connectivity index (χ4v) is 8.96. The maximum atomic E-state index is 14.5. The molecule has 0 spiro atoms. The molecule has 4 unspecified atom stereocenters. The summed E-state index contributed by atoms with van der Waals surface area (Å²) in [6, 6.07) is 4.01. The molecule has 12 N–H and O–H groups in total. The number of nitrogens with zero attached hydrogens (tertiary/aromatic N) is 7. The summed E-state index contributed by atoms with van der Waals surface area (Å²) in [5.74, 6) is -5.25. The van der Waals surface area contributed by atoms with E-state index in [9.17, 15) is 53.5 Å². The lowest BCUT2D eigenvalue weighted by molar-refractivity contribution is -0.870. The molecule has 2 fully saturated rings. The van der Waals surface area contributed by atoms with Gasteiger partial charge in [0.2, 0.25) is 29.5 Å². The number of carboxylic acid groups (broad SMARTS) is 1. The second-order valence-electron chi connectivity index (χ2n) is 18.9. The van der Waals surface area contributed by atoms with Gasteiger partial charge < -0.3 is 61.5 Å². The molecule has 2 aromatic rings. The molecule has 2 heterocycles. The summed E-state index contributed by atoms with van der Waals surface area (Å²) >= 11 is 0. The maximum Gasteiger partial charge on any atom is 0.527 e. The van der Waals surface area contributed by atoms with Crippen LogP contribution < -0.4 is 37.3 Å². The Morgan fingerprint density at radius 1 is 1.00 bits per heavy atom. The number of hydrogen-bond acceptors (Lipinski definition) is 16. The highest BCUT2D eigenvalue weighted by molar-refractivity contribution is 7.47. The lowest BCUT2D eigenvalue weighted by Crippen LogP contribution is -2.58. The van der Waals surface area contributed by atoms with E-state index in [0.29, 0.717) is 36.8 Å². The predicted octanol–water partition coefficient (Wildman–Crippen LogP) is 0.924. The number of aliphatic imine (C=N–C) groups is 2. The zero-order valence-corrected chi connectivity index (χ0v) is 43.6. The number of aliphatic hydroxyl groups excluding tert-OH is 1. The zero-order valence-electron chi connectivity index (χ0n) is 42.8. The minimum absolute atomic E-state index is 0.00667. The van der Waals surface area contributed by atoms with Gasteiger partial charge in [-0.15, -0.1) is 5.11 Å². The number of azo groups is 1. The maximum absolute atomic E-state index is 14.5. The Morgan fingerprint density at radius 2 is 1.72 bits per heavy atom. The lowest BCUT2D eigenvalue weighted by atomic mass is 10.0. The van der Waals surface area contributed by atoms with Gasteiger partial charge in [0.05, 0.1) is 45.6 Å². The number of phosphoric acid groups is 1. The summed E-state index contributed by atoms with van der Waals surface area (Å²) in [5, 5.41) is 50.0. The number of carbonyl (C=O) groups is 6. The molecule has 27 heteroatoms. The number of aromatic hydroxyl groups is 1. The summed E-state index contributed by atoms with van der Waals surface area (Å²) in [6.07, 6.45) is 2.03. The summed E-state index contributed by atoms with van der Waals surface area (Å²) in [4.78, 5) is 103. The zero-order chi connectivity index (χ0) is 54.8. The molecule has 74 heavy (non-hydrogen) atoms. The first-order valence-electron chi connectivity index (χ1n) is 24.4. The van der Waals surface area contributed by atoms with Crippen LogP contribution in [-0.4, -0.2) is 185 Å². The third-order valence-corrected chi connectivity index (χ3v) is 12.9. The van der Waals surface area contributed by atoms with E-state index >= 15 is 0 Å². The molecule has 0 saturated carbocycles. The Morgan fingerprint density at radius 3 is 2.35 bits per heavy atom. The minimum atomic E-state index is -4.43. The first-order valence-corrected chi connectivity index (χ1v) is 25.9. The van der Waals surface area contributed by atoms with Crippen LogP contribution in [0.1, 0.15) is 71.3 Å². The minimum Gasteiger partial charge on any atom is -0.506 e. The molecule has 5 amide bonds. The van der Waals surface area contributed by atoms with Crippen LogP contribution in [0.5, 0.6) is 11.5 Å². The number of likely N-dealkylation sites (N-methyl/N-ethyl adjacent to an activating group) is 1. The number of nitrogens with two attached hydrogens (primary N) is 2. The number of nitrogens with one attached hydrogen (secondary N) is 4. The molecule has 0 aliphatic carbocycles. The Balaban J connectivity index is 1.43. The van der Waals surface area contributed by atoms with Crippen LogP contribution in [0.2, 0.25) is 0 Å². The van der Waals surface area contributed by atoms with E-state index in [1.54, 1.807) is 20.1 Å². The van der Waals surface area contributed by atoms with E-state index in [0.717, 1.165) is 0 Å². The van der Waals surface area contributed by atoms with Crippen molar-refractivity contribution in [1.29, 1.82) is 0 Å². The highest BCUT2D eigenvalue weighted by Crippen LogP contribution is 2.44. The first-order chi connectivity index (χ1) is 34.9. The molecule has 2 aliphatic heterocycles. The van der Waals surface area contributed by atoms with Crippen LogP contribution >= 0.6 is 7.82 Å². The Labute approximate surface area is 430 Å². The number of aliphatic carboxylic acids is 1. The number of quaternary nitrogens is 1. The lowest BCUT2D eigenvalue weighted by Gasteiger charge is -2.35. The van der Waals surface area contributed by atoms with Gasteiger partial charge in [-0.1, -0.05) is 12.1 Å². The molecular formula is C47H73N13O13P+. The van der Waals surface area contributed by atoms with Crippen molar-refractivity contribution in [1.82, 2.24) is 31.1 Å². The molecule has 408 valence electrons. The summed E-state index contributed by atoms with van der Waals surface area (Å²) in [6.45, 7) is 5.53. The third kappa shape index (κ3) is 18.7. The summed E-state index contributed by atoms with van der Waals surface area (Å²) < 4.78 is 23.1. The van der Waals surface area contributed by atoms with Crippen LogP contribution in [-0.2, 0) is 44.3 Å². The number of carbonyl (C=O) groups excluding carboxylic acids is 5. The Hall–Kier alpha value is -6.57. The molecule has 2 saturated heterocycles. The Bertz CT molecular complexity index is 2400. The van der Waals surface area contributed by atoms with E-state index in [-0.39, 0.29) is 86.2 Å². The van der Waals surface area contributed by atoms with E-state index in [2.05, 4.69) is 41.5 Å². The van der Waals surface area contributed by atoms with Gasteiger partial charge in [-0.25, -0.2) is 9.36 Å². The summed E-state index contributed by atoms with van der Waals surface area (Å²) in [5.41, 5.74) is 11.3. The largest absolute Gasteiger partial charge is 0.527 e. The van der Waals surface area contributed by atoms with Crippen molar-refractivity contribution >= 4 is 66.9 Å². The molecule has 2 aliphatic rings. The second kappa shape index (κ2) is 28.2. The van der Waals surface area contributed by atoms with Crippen LogP contribution in [0.4, 0.5) is 11.4 Å². The number of amides is 5. The number of aliphatic hydroxyl groups is 1. The summed E-state index contributed by atoms with van der Waals surface area (Å²) in [7, 11) is 1.26. The number of phosphoric ester groups is 1. The molecule has 0 radical (unpaired) electrons. The highest BCUT2D eigenvalue weighted by atomic mass is 31.2. The van der Waals surface area contributed by atoms with Crippen molar-refractivity contribution in [2.75, 3.05) is 60.5 Å². The number of benzene rings is 2. The molecule has 2 aromatic carbocycles. The molecule has 0 aromatic heterocycles. The standard InChI is InChI=1S/C47H72N13O13P/c1-7-50-22-9-8-15-37(59-30(3)53-40(29(2)61)45(59)67)44(66)58-24-12-16-36(58)43(65)55-34(14-11-23-51-47(48)49)42(64)52-28-39(63)54-35(46(68)69)27-31-13-10-17-38(62)41(31)57-56-32-18-20-33(21-19-32)73-74(70,71)72-26-25-60(4,5)6/h7,10,13,17-21,29-30,34-37,40,53,61H,8-9,11-12,14-16,22-28H2,1-6H3,(H9-,48,49,51,52,54,55,56,62,63,64,65,68,69,70,71)/p+1/t29-,30?,34+,35+,36?,37+,40?/m1/s1. The van der Waals surface area contributed by atoms with Crippen molar-refractivity contribution in [3.8, 4) is 11.5 Å². The fraction of sp³-hybridized carbons (Fsp3) is 0.574. The highest BCUT2D eigenvalue weighted by Gasteiger charge is 2.47. The number of rotatable bonds is 29. The Kier molecular flexibility index (Phi) is 22.9. The van der Waals surface area contributed by atoms with Crippen molar-refractivity contribution in [3.63, 3.8) is 0 Å². The van der Waals surface area contributed by atoms with Gasteiger partial charge in [0, 0.05) is 26.1 Å². The number of unbranched alkanes of at least 4 members (excludes halogenated alkanes) is 1. The number of hydrogen-bond donors (Lipinski definition) is 10. The van der Waals surface area contributed by atoms with Crippen LogP contribution in [0.3, 0.4) is 0 Å². The van der Waals surface area contributed by atoms with Gasteiger partial charge in [-0.2, -0.15) is 5.11 Å². The van der Waals surface area contributed by atoms with E-state index < -0.39 is 92.4 Å². The van der Waals surface area contributed by atoms with Crippen LogP contribution in [0.25, 0.3) is 0 Å². The van der Waals surface area contributed by atoms with E-state index in [4.69, 9.17) is 20.5 Å². The smallest absolute Gasteiger partial charge is 0.506 e. The van der Waals surface area contributed by atoms with Crippen molar-refractivity contribution in [2.45, 2.75) is 115 Å². The van der Waals surface area contributed by atoms with Gasteiger partial charge in [0.15, 0.2) is 5.96 Å². The number of phenols is 1. The second-order valence-corrected chi connectivity index (χ2v) is 20.3. The van der Waals surface area contributed by atoms with E-state index in [1.165, 1.54) is 59.2 Å². The number of phenolic OH excluding ortho intramolecular Hbond substituents is 1. The van der Waals surface area contributed by atoms with Crippen LogP contribution in [0, 0.1) is 0 Å². The first kappa shape index (κ1) is 60.0. The molecule has 8 atom stereocenters. The quantitative estimate of drug-likeness (QED) is 0.0135. The fourth-order valence-electron chi connectivity index (χ4n) is 8.20. The van der Waals surface area contributed by atoms with Crippen molar-refractivity contribution in [3.05, 3.63) is 48.0 Å². The molecule has 0 bridgehead atoms. The number of likely N-dealkylation sites (tertiary alicyclic amines) is 1. The van der Waals surface area contributed by atoms with Gasteiger partial charge in [-0.3, -0.25) is 48.7 Å². The van der Waals surface area contributed by atoms with Crippen molar-refractivity contribution < 1.29 is 67.1 Å². The van der Waals surface area contributed by atoms with Gasteiger partial charge in [0.1, 0.15) is 60.5 Å². The third-order valence-electron chi connectivity index (χ3n) is 12.0. The average molecular weight is 1060 g/mol. The number of guanidine groups is 1. The normalized spacial score (nSPS) is 19.4. The predicted molar refractivity (Wildman–Crippen MR) is 272 cm³/mol. The van der Waals surface area contributed by atoms with E-state index in [1.807, 2.05) is 21.1 Å². The topological polar surface area (TPSA) is 375 Å². The monoisotopic (exact) mass is 1060 g/mol. The van der Waals surface area contributed by atoms with Crippen molar-refractivity contribution in [2.24, 2.45) is 31.7 Å². The molecule has 26 nitrogen and oxygen atoms in total. The van der Waals surface area contributed by atoms with Gasteiger partial charge in [0.25, 0.3) is 0 Å². The number of carboxylic acids is 1. The SMILES string of the molecule is CC=NCCCC[C@@H](C(=O)N1CCCC1C(=O)N[C@@H](CCCN=C(N)N)C(=O)NCC(=O)N[C@@H](Cc1cccc(O)c1N=Nc1ccc(OP(=O)(O)OCC[N+](C)(C)C)cc1)C(=O)O)N1C(=O)C([C@@H](C)O)NC1C. The average Bonchev–Trinajstić information content (AvgIpc) is 3.93. The van der Waals surface area contributed by atoms with Gasteiger partial charge >= 0.3 is 13.8 Å². The van der Waals surface area contributed by atoms with Crippen LogP contribution in [0.15, 0.2) is 62.7 Å². The molecular weight excluding hydrogens is 986 g/mol.